The summed E-state index contributed by atoms with van der Waals surface area (Å²) in [6.07, 6.45) is 1.26. The molecular weight excluding hydrogens is 126 g/mol. The van der Waals surface area contributed by atoms with E-state index in [9.17, 15) is 4.79 Å². The van der Waals surface area contributed by atoms with Gasteiger partial charge in [-0.3, -0.25) is 0 Å². The van der Waals surface area contributed by atoms with Crippen LogP contribution in [0.2, 0.25) is 0 Å². The first-order valence-electron chi connectivity index (χ1n) is 3.11. The highest BCUT2D eigenvalue weighted by Crippen LogP contribution is 2.09. The van der Waals surface area contributed by atoms with Crippen LogP contribution >= 0.6 is 0 Å². The van der Waals surface area contributed by atoms with Crippen molar-refractivity contribution in [1.29, 1.82) is 0 Å². The zero-order chi connectivity index (χ0) is 7.40. The number of hydrogen-bond acceptors (Lipinski definition) is 2. The highest BCUT2D eigenvalue weighted by Gasteiger charge is 1.93. The number of benzene rings is 1. The summed E-state index contributed by atoms with van der Waals surface area (Å²) >= 11 is 0. The maximum Gasteiger partial charge on any atom is 0.124 e. The van der Waals surface area contributed by atoms with Gasteiger partial charge in [-0.05, 0) is 11.6 Å². The quantitative estimate of drug-likeness (QED) is 0.485. The molecule has 0 aromatic heterocycles. The largest absolute Gasteiger partial charge is 0.398 e. The number of hydrogen-bond donors (Lipinski definition) is 1. The Labute approximate surface area is 59.7 Å². The van der Waals surface area contributed by atoms with Crippen LogP contribution in [0.1, 0.15) is 5.56 Å². The van der Waals surface area contributed by atoms with E-state index in [1.165, 1.54) is 0 Å². The van der Waals surface area contributed by atoms with E-state index in [-0.39, 0.29) is 0 Å². The third-order valence-corrected chi connectivity index (χ3v) is 1.36. The van der Waals surface area contributed by atoms with Crippen LogP contribution in [0.15, 0.2) is 24.3 Å². The van der Waals surface area contributed by atoms with Crippen molar-refractivity contribution in [1.82, 2.24) is 0 Å². The fraction of sp³-hybridized carbons (Fsp3) is 0.125. The Hall–Kier alpha value is -1.31. The van der Waals surface area contributed by atoms with Gasteiger partial charge in [0.25, 0.3) is 0 Å². The van der Waals surface area contributed by atoms with Crippen molar-refractivity contribution in [2.75, 3.05) is 5.73 Å². The zero-order valence-corrected chi connectivity index (χ0v) is 5.58. The summed E-state index contributed by atoms with van der Waals surface area (Å²) < 4.78 is 0. The van der Waals surface area contributed by atoms with E-state index in [4.69, 9.17) is 5.73 Å². The van der Waals surface area contributed by atoms with Gasteiger partial charge in [-0.25, -0.2) is 0 Å². The van der Waals surface area contributed by atoms with Gasteiger partial charge in [-0.1, -0.05) is 18.2 Å². The highest BCUT2D eigenvalue weighted by atomic mass is 16.1. The Morgan fingerprint density at radius 1 is 1.40 bits per heavy atom. The van der Waals surface area contributed by atoms with Crippen LogP contribution in [0.5, 0.6) is 0 Å². The van der Waals surface area contributed by atoms with Crippen molar-refractivity contribution in [3.63, 3.8) is 0 Å². The lowest BCUT2D eigenvalue weighted by atomic mass is 10.1. The normalized spacial score (nSPS) is 9.20. The number of rotatable bonds is 2. The molecule has 2 heteroatoms. The monoisotopic (exact) mass is 135 g/mol. The molecule has 1 rings (SSSR count). The minimum atomic E-state index is 0.409. The Bertz CT molecular complexity index is 232. The molecule has 52 valence electrons. The molecule has 0 aliphatic carbocycles. The van der Waals surface area contributed by atoms with Gasteiger partial charge >= 0.3 is 0 Å². The van der Waals surface area contributed by atoms with Crippen molar-refractivity contribution in [3.8, 4) is 0 Å². The fourth-order valence-electron chi connectivity index (χ4n) is 0.810. The van der Waals surface area contributed by atoms with Crippen LogP contribution in [0.3, 0.4) is 0 Å². The summed E-state index contributed by atoms with van der Waals surface area (Å²) in [7, 11) is 0. The third kappa shape index (κ3) is 1.35. The third-order valence-electron chi connectivity index (χ3n) is 1.36. The number of para-hydroxylation sites is 1. The Balaban J connectivity index is 2.91. The average Bonchev–Trinajstić information content (AvgIpc) is 1.94. The summed E-state index contributed by atoms with van der Waals surface area (Å²) in [6.45, 7) is 0. The molecule has 0 fully saturated rings. The van der Waals surface area contributed by atoms with Crippen molar-refractivity contribution >= 4 is 12.0 Å². The molecule has 1 aromatic carbocycles. The van der Waals surface area contributed by atoms with Crippen LogP contribution in [0.4, 0.5) is 5.69 Å². The topological polar surface area (TPSA) is 43.1 Å². The SMILES string of the molecule is Nc1ccccc1CC=O. The van der Waals surface area contributed by atoms with E-state index < -0.39 is 0 Å². The average molecular weight is 135 g/mol. The van der Waals surface area contributed by atoms with Crippen LogP contribution in [0.25, 0.3) is 0 Å². The smallest absolute Gasteiger partial charge is 0.124 e. The van der Waals surface area contributed by atoms with Crippen molar-refractivity contribution in [3.05, 3.63) is 29.8 Å². The second-order valence-electron chi connectivity index (χ2n) is 2.07. The lowest BCUT2D eigenvalue weighted by Gasteiger charge is -1.97. The van der Waals surface area contributed by atoms with Crippen LogP contribution in [-0.2, 0) is 11.2 Å². The van der Waals surface area contributed by atoms with E-state index >= 15 is 0 Å². The number of nitrogen functional groups attached to an aromatic ring is 1. The van der Waals surface area contributed by atoms with Crippen LogP contribution in [0, 0.1) is 0 Å². The van der Waals surface area contributed by atoms with Gasteiger partial charge in [0.2, 0.25) is 0 Å². The van der Waals surface area contributed by atoms with E-state index in [1.807, 2.05) is 18.2 Å². The van der Waals surface area contributed by atoms with Gasteiger partial charge in [0.15, 0.2) is 0 Å². The van der Waals surface area contributed by atoms with Gasteiger partial charge < -0.3 is 10.5 Å². The van der Waals surface area contributed by atoms with E-state index in [1.54, 1.807) is 6.07 Å². The molecule has 0 aliphatic heterocycles. The molecule has 2 N–H and O–H groups in total. The Morgan fingerprint density at radius 2 is 2.10 bits per heavy atom. The minimum absolute atomic E-state index is 0.409. The molecule has 10 heavy (non-hydrogen) atoms. The predicted molar refractivity (Wildman–Crippen MR) is 40.6 cm³/mol. The first-order chi connectivity index (χ1) is 4.84. The van der Waals surface area contributed by atoms with Gasteiger partial charge in [0.1, 0.15) is 6.29 Å². The molecule has 0 aliphatic rings. The van der Waals surface area contributed by atoms with Crippen molar-refractivity contribution < 1.29 is 4.79 Å². The van der Waals surface area contributed by atoms with Crippen LogP contribution in [-0.4, -0.2) is 6.29 Å². The molecule has 0 unspecified atom stereocenters. The summed E-state index contributed by atoms with van der Waals surface area (Å²) in [6, 6.07) is 7.36. The minimum Gasteiger partial charge on any atom is -0.398 e. The molecular formula is C8H9NO. The molecule has 0 radical (unpaired) electrons. The van der Waals surface area contributed by atoms with Gasteiger partial charge in [0.05, 0.1) is 0 Å². The zero-order valence-electron chi connectivity index (χ0n) is 5.58. The number of anilines is 1. The number of carbonyl (C=O) groups is 1. The standard InChI is InChI=1S/C8H9NO/c9-8-4-2-1-3-7(8)5-6-10/h1-4,6H,5,9H2. The number of nitrogens with two attached hydrogens (primary N) is 1. The van der Waals surface area contributed by atoms with E-state index in [2.05, 4.69) is 0 Å². The van der Waals surface area contributed by atoms with Crippen molar-refractivity contribution in [2.24, 2.45) is 0 Å². The summed E-state index contributed by atoms with van der Waals surface area (Å²) in [5.41, 5.74) is 7.14. The molecule has 0 atom stereocenters. The number of aldehydes is 1. The molecule has 0 amide bonds. The molecule has 0 spiro atoms. The Kier molecular flexibility index (Phi) is 2.05. The molecule has 0 bridgehead atoms. The summed E-state index contributed by atoms with van der Waals surface area (Å²) in [5.74, 6) is 0. The van der Waals surface area contributed by atoms with Crippen molar-refractivity contribution in [2.45, 2.75) is 6.42 Å². The lowest BCUT2D eigenvalue weighted by Crippen LogP contribution is -1.93. The maximum absolute atomic E-state index is 10.1. The van der Waals surface area contributed by atoms with E-state index in [0.717, 1.165) is 11.8 Å². The second-order valence-corrected chi connectivity index (χ2v) is 2.07. The molecule has 0 saturated heterocycles. The molecule has 2 nitrogen and oxygen atoms in total. The molecule has 0 saturated carbocycles. The maximum atomic E-state index is 10.1. The van der Waals surface area contributed by atoms with Gasteiger partial charge in [-0.15, -0.1) is 0 Å². The summed E-state index contributed by atoms with van der Waals surface area (Å²) in [5, 5.41) is 0. The fourth-order valence-corrected chi connectivity index (χ4v) is 0.810. The Morgan fingerprint density at radius 3 is 2.70 bits per heavy atom. The predicted octanol–water partition coefficient (Wildman–Crippen LogP) is 1.01. The number of carbonyl (C=O) groups excluding carboxylic acids is 1. The highest BCUT2D eigenvalue weighted by molar-refractivity contribution is 5.60. The first kappa shape index (κ1) is 6.81. The molecule has 1 aromatic rings. The van der Waals surface area contributed by atoms with Gasteiger partial charge in [-0.2, -0.15) is 0 Å². The van der Waals surface area contributed by atoms with Gasteiger partial charge in [0, 0.05) is 12.1 Å². The second kappa shape index (κ2) is 3.01. The molecule has 0 heterocycles. The summed E-state index contributed by atoms with van der Waals surface area (Å²) in [4.78, 5) is 10.1. The van der Waals surface area contributed by atoms with Crippen LogP contribution < -0.4 is 5.73 Å². The first-order valence-corrected chi connectivity index (χ1v) is 3.11. The van der Waals surface area contributed by atoms with E-state index in [0.29, 0.717) is 12.1 Å². The lowest BCUT2D eigenvalue weighted by molar-refractivity contribution is -0.107.